The molecule has 6 nitrogen and oxygen atoms in total. The second kappa shape index (κ2) is 9.64. The zero-order valence-corrected chi connectivity index (χ0v) is 18.5. The molecule has 1 saturated heterocycles. The summed E-state index contributed by atoms with van der Waals surface area (Å²) >= 11 is 0. The van der Waals surface area contributed by atoms with E-state index in [1.165, 1.54) is 0 Å². The number of hydrogen-bond donors (Lipinski definition) is 1. The summed E-state index contributed by atoms with van der Waals surface area (Å²) in [6, 6.07) is 19.3. The van der Waals surface area contributed by atoms with E-state index in [1.807, 2.05) is 90.2 Å². The van der Waals surface area contributed by atoms with Gasteiger partial charge in [-0.1, -0.05) is 36.4 Å². The minimum absolute atomic E-state index is 0.0101. The lowest BCUT2D eigenvalue weighted by atomic mass is 10.0. The third kappa shape index (κ3) is 4.80. The lowest BCUT2D eigenvalue weighted by Crippen LogP contribution is -2.46. The summed E-state index contributed by atoms with van der Waals surface area (Å²) < 4.78 is 1.90. The van der Waals surface area contributed by atoms with Crippen LogP contribution in [0, 0.1) is 13.8 Å². The van der Waals surface area contributed by atoms with E-state index in [0.717, 1.165) is 35.5 Å². The summed E-state index contributed by atoms with van der Waals surface area (Å²) in [5.41, 5.74) is 4.51. The van der Waals surface area contributed by atoms with Gasteiger partial charge in [0.2, 0.25) is 5.91 Å². The number of nitrogens with one attached hydrogen (secondary N) is 1. The Bertz CT molecular complexity index is 1110. The number of benzene rings is 2. The highest BCUT2D eigenvalue weighted by Gasteiger charge is 2.23. The van der Waals surface area contributed by atoms with Gasteiger partial charge in [-0.3, -0.25) is 9.59 Å². The summed E-state index contributed by atoms with van der Waals surface area (Å²) in [4.78, 5) is 26.9. The molecule has 0 unspecified atom stereocenters. The quantitative estimate of drug-likeness (QED) is 0.627. The summed E-state index contributed by atoms with van der Waals surface area (Å²) in [5, 5.41) is 7.71. The van der Waals surface area contributed by atoms with E-state index in [2.05, 4.69) is 10.4 Å². The van der Waals surface area contributed by atoms with Crippen molar-refractivity contribution in [3.63, 3.8) is 0 Å². The van der Waals surface area contributed by atoms with Gasteiger partial charge >= 0.3 is 0 Å². The fourth-order valence-electron chi connectivity index (χ4n) is 4.08. The van der Waals surface area contributed by atoms with Crippen LogP contribution < -0.4 is 5.32 Å². The van der Waals surface area contributed by atoms with Crippen LogP contribution in [-0.2, 0) is 4.79 Å². The van der Waals surface area contributed by atoms with Crippen molar-refractivity contribution in [3.05, 3.63) is 89.3 Å². The summed E-state index contributed by atoms with van der Waals surface area (Å²) in [6.45, 7) is 5.23. The molecule has 0 saturated carbocycles. The molecule has 1 fully saturated rings. The molecule has 1 aromatic heterocycles. The number of aromatic nitrogens is 2. The van der Waals surface area contributed by atoms with E-state index in [4.69, 9.17) is 0 Å². The molecule has 4 rings (SSSR count). The molecule has 1 aliphatic rings. The molecule has 2 aromatic carbocycles. The molecule has 1 aliphatic heterocycles. The van der Waals surface area contributed by atoms with Crippen molar-refractivity contribution in [2.75, 3.05) is 13.1 Å². The fourth-order valence-corrected chi connectivity index (χ4v) is 4.08. The Kier molecular flexibility index (Phi) is 6.50. The SMILES string of the molecule is Cc1nn(-c2ccccc2)c(C)c1/C=C/C(=O)N1CCC(NC(=O)c2ccccc2)CC1. The Morgan fingerprint density at radius 1 is 0.969 bits per heavy atom. The normalized spacial score (nSPS) is 14.6. The lowest BCUT2D eigenvalue weighted by molar-refractivity contribution is -0.126. The third-order valence-corrected chi connectivity index (χ3v) is 5.92. The molecule has 3 aromatic rings. The van der Waals surface area contributed by atoms with E-state index in [1.54, 1.807) is 6.08 Å². The van der Waals surface area contributed by atoms with Gasteiger partial charge in [-0.05, 0) is 57.0 Å². The first kappa shape index (κ1) is 21.6. The first-order chi connectivity index (χ1) is 15.5. The zero-order valence-electron chi connectivity index (χ0n) is 18.5. The summed E-state index contributed by atoms with van der Waals surface area (Å²) in [7, 11) is 0. The molecule has 6 heteroatoms. The highest BCUT2D eigenvalue weighted by atomic mass is 16.2. The lowest BCUT2D eigenvalue weighted by Gasteiger charge is -2.31. The van der Waals surface area contributed by atoms with E-state index in [9.17, 15) is 9.59 Å². The highest BCUT2D eigenvalue weighted by molar-refractivity contribution is 5.94. The van der Waals surface area contributed by atoms with Crippen molar-refractivity contribution < 1.29 is 9.59 Å². The van der Waals surface area contributed by atoms with Crippen LogP contribution >= 0.6 is 0 Å². The van der Waals surface area contributed by atoms with Gasteiger partial charge in [-0.15, -0.1) is 0 Å². The van der Waals surface area contributed by atoms with Crippen LogP contribution in [0.15, 0.2) is 66.7 Å². The Balaban J connectivity index is 1.34. The van der Waals surface area contributed by atoms with Crippen LogP contribution in [0.4, 0.5) is 0 Å². The van der Waals surface area contributed by atoms with Crippen molar-refractivity contribution >= 4 is 17.9 Å². The van der Waals surface area contributed by atoms with E-state index < -0.39 is 0 Å². The average Bonchev–Trinajstić information content (AvgIpc) is 3.12. The molecule has 164 valence electrons. The smallest absolute Gasteiger partial charge is 0.251 e. The Morgan fingerprint density at radius 2 is 1.59 bits per heavy atom. The number of para-hydroxylation sites is 1. The van der Waals surface area contributed by atoms with Gasteiger partial charge in [-0.2, -0.15) is 5.10 Å². The van der Waals surface area contributed by atoms with Crippen molar-refractivity contribution in [2.45, 2.75) is 32.7 Å². The van der Waals surface area contributed by atoms with Gasteiger partial charge in [0.15, 0.2) is 0 Å². The molecular formula is C26H28N4O2. The standard InChI is InChI=1S/C26H28N4O2/c1-19-24(20(2)30(28-19)23-11-7-4-8-12-23)13-14-25(31)29-17-15-22(16-18-29)27-26(32)21-9-5-3-6-10-21/h3-14,22H,15-18H2,1-2H3,(H,27,32)/b14-13+. The van der Waals surface area contributed by atoms with E-state index in [0.29, 0.717) is 18.7 Å². The van der Waals surface area contributed by atoms with Gasteiger partial charge in [0, 0.05) is 42.0 Å². The number of nitrogens with zero attached hydrogens (tertiary/aromatic N) is 3. The summed E-state index contributed by atoms with van der Waals surface area (Å²) in [6.07, 6.45) is 5.00. The van der Waals surface area contributed by atoms with Crippen LogP contribution in [-0.4, -0.2) is 45.6 Å². The number of hydrogen-bond acceptors (Lipinski definition) is 3. The van der Waals surface area contributed by atoms with Crippen molar-refractivity contribution in [1.29, 1.82) is 0 Å². The fraction of sp³-hybridized carbons (Fsp3) is 0.269. The van der Waals surface area contributed by atoms with Crippen LogP contribution in [0.5, 0.6) is 0 Å². The summed E-state index contributed by atoms with van der Waals surface area (Å²) in [5.74, 6) is -0.0688. The molecule has 0 atom stereocenters. The van der Waals surface area contributed by atoms with Gasteiger partial charge in [0.1, 0.15) is 0 Å². The number of piperidine rings is 1. The molecule has 2 amide bonds. The number of carbonyl (C=O) groups excluding carboxylic acids is 2. The molecule has 32 heavy (non-hydrogen) atoms. The predicted molar refractivity (Wildman–Crippen MR) is 126 cm³/mol. The minimum Gasteiger partial charge on any atom is -0.349 e. The maximum absolute atomic E-state index is 12.7. The van der Waals surface area contributed by atoms with Crippen LogP contribution in [0.25, 0.3) is 11.8 Å². The first-order valence-corrected chi connectivity index (χ1v) is 11.0. The van der Waals surface area contributed by atoms with Crippen molar-refractivity contribution in [2.24, 2.45) is 0 Å². The van der Waals surface area contributed by atoms with Crippen LogP contribution in [0.3, 0.4) is 0 Å². The molecule has 2 heterocycles. The van der Waals surface area contributed by atoms with Crippen LogP contribution in [0.1, 0.15) is 40.2 Å². The van der Waals surface area contributed by atoms with E-state index >= 15 is 0 Å². The molecular weight excluding hydrogens is 400 g/mol. The Labute approximate surface area is 188 Å². The predicted octanol–water partition coefficient (Wildman–Crippen LogP) is 3.92. The molecule has 0 radical (unpaired) electrons. The largest absolute Gasteiger partial charge is 0.349 e. The molecule has 0 bridgehead atoms. The Morgan fingerprint density at radius 3 is 2.25 bits per heavy atom. The van der Waals surface area contributed by atoms with Gasteiger partial charge in [0.05, 0.1) is 11.4 Å². The van der Waals surface area contributed by atoms with Gasteiger partial charge in [-0.25, -0.2) is 4.68 Å². The number of likely N-dealkylation sites (tertiary alicyclic amines) is 1. The monoisotopic (exact) mass is 428 g/mol. The molecule has 1 N–H and O–H groups in total. The average molecular weight is 429 g/mol. The number of aryl methyl sites for hydroxylation is 1. The number of amides is 2. The maximum Gasteiger partial charge on any atom is 0.251 e. The molecule has 0 aliphatic carbocycles. The second-order valence-electron chi connectivity index (χ2n) is 8.10. The number of carbonyl (C=O) groups is 2. The van der Waals surface area contributed by atoms with Gasteiger partial charge in [0.25, 0.3) is 5.91 Å². The van der Waals surface area contributed by atoms with Gasteiger partial charge < -0.3 is 10.2 Å². The minimum atomic E-state index is -0.0587. The first-order valence-electron chi connectivity index (χ1n) is 11.0. The topological polar surface area (TPSA) is 67.2 Å². The maximum atomic E-state index is 12.7. The van der Waals surface area contributed by atoms with Crippen molar-refractivity contribution in [1.82, 2.24) is 20.0 Å². The highest BCUT2D eigenvalue weighted by Crippen LogP contribution is 2.20. The Hall–Kier alpha value is -3.67. The third-order valence-electron chi connectivity index (χ3n) is 5.92. The van der Waals surface area contributed by atoms with Crippen LogP contribution in [0.2, 0.25) is 0 Å². The van der Waals surface area contributed by atoms with E-state index in [-0.39, 0.29) is 17.9 Å². The number of rotatable bonds is 5. The second-order valence-corrected chi connectivity index (χ2v) is 8.10. The molecule has 0 spiro atoms. The van der Waals surface area contributed by atoms with Crippen molar-refractivity contribution in [3.8, 4) is 5.69 Å². The zero-order chi connectivity index (χ0) is 22.5.